The molecule has 3 heterocycles. The van der Waals surface area contributed by atoms with Crippen LogP contribution in [0.25, 0.3) is 22.2 Å². The molecule has 1 saturated carbocycles. The maximum atomic E-state index is 12.9. The van der Waals surface area contributed by atoms with Crippen LogP contribution in [0.1, 0.15) is 59.1 Å². The van der Waals surface area contributed by atoms with Crippen molar-refractivity contribution in [3.63, 3.8) is 0 Å². The number of hydrogen-bond donors (Lipinski definition) is 3. The van der Waals surface area contributed by atoms with E-state index in [-0.39, 0.29) is 17.9 Å². The Morgan fingerprint density at radius 3 is 2.83 bits per heavy atom. The molecule has 2 aliphatic rings. The second kappa shape index (κ2) is 6.83. The van der Waals surface area contributed by atoms with E-state index < -0.39 is 0 Å². The quantitative estimate of drug-likeness (QED) is 0.618. The molecule has 2 aromatic heterocycles. The molecule has 8 heteroatoms. The minimum atomic E-state index is -0.211. The Hall–Kier alpha value is -3.42. The first kappa shape index (κ1) is 18.6. The number of benzene rings is 1. The van der Waals surface area contributed by atoms with Crippen molar-refractivity contribution in [1.82, 2.24) is 25.2 Å². The minimum Gasteiger partial charge on any atom is -0.383 e. The Morgan fingerprint density at radius 1 is 1.30 bits per heavy atom. The second-order valence-electron chi connectivity index (χ2n) is 8.34. The number of nitrogen functional groups attached to an aromatic ring is 1. The van der Waals surface area contributed by atoms with E-state index in [0.717, 1.165) is 27.9 Å². The summed E-state index contributed by atoms with van der Waals surface area (Å²) in [6.45, 7) is 5.17. The van der Waals surface area contributed by atoms with Gasteiger partial charge in [-0.05, 0) is 50.3 Å². The van der Waals surface area contributed by atoms with Crippen molar-refractivity contribution in [3.05, 3.63) is 41.3 Å². The van der Waals surface area contributed by atoms with Crippen molar-refractivity contribution in [2.45, 2.75) is 39.3 Å². The highest BCUT2D eigenvalue weighted by atomic mass is 16.2. The van der Waals surface area contributed by atoms with Crippen LogP contribution in [-0.2, 0) is 6.54 Å². The molecule has 0 radical (unpaired) electrons. The van der Waals surface area contributed by atoms with Crippen molar-refractivity contribution in [2.24, 2.45) is 5.92 Å². The van der Waals surface area contributed by atoms with Gasteiger partial charge >= 0.3 is 0 Å². The molecular weight excluding hydrogens is 380 g/mol. The number of carbonyl (C=O) groups is 2. The molecule has 154 valence electrons. The van der Waals surface area contributed by atoms with E-state index in [1.807, 2.05) is 6.07 Å². The summed E-state index contributed by atoms with van der Waals surface area (Å²) in [7, 11) is 0. The van der Waals surface area contributed by atoms with E-state index in [1.165, 1.54) is 19.2 Å². The lowest BCUT2D eigenvalue weighted by atomic mass is 9.96. The van der Waals surface area contributed by atoms with Gasteiger partial charge in [-0.3, -0.25) is 9.59 Å². The average Bonchev–Trinajstić information content (AvgIpc) is 3.51. The highest BCUT2D eigenvalue weighted by molar-refractivity contribution is 6.11. The molecule has 8 nitrogen and oxygen atoms in total. The average molecular weight is 404 g/mol. The normalized spacial score (nSPS) is 15.5. The number of fused-ring (bicyclic) bond motifs is 5. The Balaban J connectivity index is 1.69. The summed E-state index contributed by atoms with van der Waals surface area (Å²) in [5, 5.41) is 6.68. The van der Waals surface area contributed by atoms with Crippen LogP contribution in [0.15, 0.2) is 24.5 Å². The fraction of sp³-hybridized carbons (Fsp3) is 0.364. The molecule has 1 aliphatic heterocycles. The number of rotatable bonds is 4. The number of carbonyl (C=O) groups excluding carboxylic acids is 2. The zero-order chi connectivity index (χ0) is 21.0. The van der Waals surface area contributed by atoms with Gasteiger partial charge in [0, 0.05) is 35.0 Å². The van der Waals surface area contributed by atoms with E-state index in [9.17, 15) is 9.59 Å². The first-order chi connectivity index (χ1) is 14.5. The fourth-order valence-electron chi connectivity index (χ4n) is 4.24. The van der Waals surface area contributed by atoms with E-state index in [2.05, 4.69) is 39.0 Å². The van der Waals surface area contributed by atoms with Gasteiger partial charge in [0.15, 0.2) is 0 Å². The van der Waals surface area contributed by atoms with Gasteiger partial charge in [-0.2, -0.15) is 0 Å². The number of aromatic nitrogens is 3. The van der Waals surface area contributed by atoms with E-state index in [1.54, 1.807) is 12.1 Å². The zero-order valence-corrected chi connectivity index (χ0v) is 17.0. The molecule has 3 aromatic rings. The van der Waals surface area contributed by atoms with Crippen LogP contribution in [0.3, 0.4) is 0 Å². The van der Waals surface area contributed by atoms with Crippen LogP contribution in [-0.4, -0.2) is 32.9 Å². The molecule has 1 fully saturated rings. The van der Waals surface area contributed by atoms with Gasteiger partial charge in [0.05, 0.1) is 11.9 Å². The lowest BCUT2D eigenvalue weighted by Crippen LogP contribution is -2.26. The molecule has 0 saturated heterocycles. The molecule has 30 heavy (non-hydrogen) atoms. The summed E-state index contributed by atoms with van der Waals surface area (Å²) in [6, 6.07) is 5.39. The van der Waals surface area contributed by atoms with Crippen molar-refractivity contribution >= 4 is 28.7 Å². The number of nitrogens with two attached hydrogens (primary N) is 1. The summed E-state index contributed by atoms with van der Waals surface area (Å²) < 4.78 is 2.09. The van der Waals surface area contributed by atoms with Gasteiger partial charge in [-0.25, -0.2) is 9.97 Å². The predicted molar refractivity (Wildman–Crippen MR) is 114 cm³/mol. The number of amides is 2. The maximum absolute atomic E-state index is 12.9. The van der Waals surface area contributed by atoms with Crippen molar-refractivity contribution in [2.75, 3.05) is 12.3 Å². The van der Waals surface area contributed by atoms with E-state index in [4.69, 9.17) is 5.73 Å². The van der Waals surface area contributed by atoms with E-state index >= 15 is 0 Å². The lowest BCUT2D eigenvalue weighted by Gasteiger charge is -2.14. The largest absolute Gasteiger partial charge is 0.383 e. The number of anilines is 1. The molecule has 2 amide bonds. The van der Waals surface area contributed by atoms with E-state index in [0.29, 0.717) is 36.0 Å². The first-order valence-corrected chi connectivity index (χ1v) is 10.3. The highest BCUT2D eigenvalue weighted by Crippen LogP contribution is 2.41. The molecule has 1 aliphatic carbocycles. The van der Waals surface area contributed by atoms with Crippen LogP contribution >= 0.6 is 0 Å². The van der Waals surface area contributed by atoms with Gasteiger partial charge < -0.3 is 20.9 Å². The van der Waals surface area contributed by atoms with Crippen molar-refractivity contribution in [3.8, 4) is 11.1 Å². The Bertz CT molecular complexity index is 1190. The standard InChI is InChI=1S/C22H24N6O2/c1-11(2)28-16-9-25-22(30)15-7-13(21(29)24-8-12-3-4-12)5-6-14(15)17(16)18-19(23)26-10-27-20(18)28/h5-7,10-12H,3-4,8-9H2,1-2H3,(H,24,29)(H,25,30)(H2,23,26,27). The van der Waals surface area contributed by atoms with Crippen molar-refractivity contribution in [1.29, 1.82) is 0 Å². The number of nitrogens with zero attached hydrogens (tertiary/aromatic N) is 3. The smallest absolute Gasteiger partial charge is 0.252 e. The van der Waals surface area contributed by atoms with Gasteiger partial charge in [-0.15, -0.1) is 0 Å². The van der Waals surface area contributed by atoms with Crippen LogP contribution in [0, 0.1) is 5.92 Å². The monoisotopic (exact) mass is 404 g/mol. The Kier molecular flexibility index (Phi) is 4.23. The summed E-state index contributed by atoms with van der Waals surface area (Å²) >= 11 is 0. The summed E-state index contributed by atoms with van der Waals surface area (Å²) in [5.41, 5.74) is 10.5. The fourth-order valence-corrected chi connectivity index (χ4v) is 4.24. The summed E-state index contributed by atoms with van der Waals surface area (Å²) in [5.74, 6) is 0.597. The summed E-state index contributed by atoms with van der Waals surface area (Å²) in [6.07, 6.45) is 3.79. The molecule has 1 aromatic carbocycles. The molecule has 0 bridgehead atoms. The SMILES string of the molecule is CC(C)n1c2c(c3c(N)ncnc31)-c1ccc(C(=O)NCC3CC3)cc1C(=O)NC2. The number of hydrogen-bond acceptors (Lipinski definition) is 5. The van der Waals surface area contributed by atoms with Gasteiger partial charge in [-0.1, -0.05) is 6.07 Å². The third-order valence-corrected chi connectivity index (χ3v) is 5.89. The third-order valence-electron chi connectivity index (χ3n) is 5.89. The summed E-state index contributed by atoms with van der Waals surface area (Å²) in [4.78, 5) is 34.1. The Morgan fingerprint density at radius 2 is 2.10 bits per heavy atom. The van der Waals surface area contributed by atoms with Crippen LogP contribution < -0.4 is 16.4 Å². The van der Waals surface area contributed by atoms with Gasteiger partial charge in [0.25, 0.3) is 11.8 Å². The molecule has 0 unspecified atom stereocenters. The molecule has 5 rings (SSSR count). The zero-order valence-electron chi connectivity index (χ0n) is 17.0. The molecule has 0 atom stereocenters. The van der Waals surface area contributed by atoms with Crippen molar-refractivity contribution < 1.29 is 9.59 Å². The lowest BCUT2D eigenvalue weighted by molar-refractivity contribution is 0.0951. The third kappa shape index (κ3) is 2.91. The minimum absolute atomic E-state index is 0.122. The highest BCUT2D eigenvalue weighted by Gasteiger charge is 2.30. The van der Waals surface area contributed by atoms with Crippen LogP contribution in [0.2, 0.25) is 0 Å². The van der Waals surface area contributed by atoms with Gasteiger partial charge in [0.2, 0.25) is 0 Å². The van der Waals surface area contributed by atoms with Gasteiger partial charge in [0.1, 0.15) is 17.8 Å². The number of nitrogens with one attached hydrogen (secondary N) is 2. The molecule has 4 N–H and O–H groups in total. The molecular formula is C22H24N6O2. The predicted octanol–water partition coefficient (Wildman–Crippen LogP) is 2.64. The first-order valence-electron chi connectivity index (χ1n) is 10.3. The topological polar surface area (TPSA) is 115 Å². The van der Waals surface area contributed by atoms with Crippen LogP contribution in [0.5, 0.6) is 0 Å². The second-order valence-corrected chi connectivity index (χ2v) is 8.34. The van der Waals surface area contributed by atoms with Crippen LogP contribution in [0.4, 0.5) is 5.82 Å². The Labute approximate surface area is 173 Å². The molecule has 0 spiro atoms. The maximum Gasteiger partial charge on any atom is 0.252 e.